The lowest BCUT2D eigenvalue weighted by atomic mass is 9.96. The van der Waals surface area contributed by atoms with E-state index < -0.39 is 21.3 Å². The molecule has 0 aliphatic rings. The molecule has 106 valence electrons. The molecule has 1 amide bonds. The van der Waals surface area contributed by atoms with Crippen LogP contribution in [-0.2, 0) is 10.0 Å². The summed E-state index contributed by atoms with van der Waals surface area (Å²) in [6.07, 6.45) is 0. The fourth-order valence-corrected chi connectivity index (χ4v) is 2.47. The first-order valence-corrected chi connectivity index (χ1v) is 7.17. The average Bonchev–Trinajstić information content (AvgIpc) is 2.37. The minimum absolute atomic E-state index is 0.0474. The number of sulfonamides is 1. The van der Waals surface area contributed by atoms with Crippen LogP contribution in [-0.4, -0.2) is 32.6 Å². The van der Waals surface area contributed by atoms with Gasteiger partial charge in [0.15, 0.2) is 0 Å². The fourth-order valence-electron chi connectivity index (χ4n) is 1.23. The Bertz CT molecular complexity index is 550. The molecule has 0 unspecified atom stereocenters. The number of aliphatic hydroxyl groups excluding tert-OH is 1. The van der Waals surface area contributed by atoms with Crippen molar-refractivity contribution in [3.63, 3.8) is 0 Å². The Hall–Kier alpha value is -1.44. The molecule has 6 nitrogen and oxygen atoms in total. The molecule has 0 aromatic heterocycles. The summed E-state index contributed by atoms with van der Waals surface area (Å²) in [6, 6.07) is 5.34. The van der Waals surface area contributed by atoms with Crippen molar-refractivity contribution in [2.24, 2.45) is 11.1 Å². The summed E-state index contributed by atoms with van der Waals surface area (Å²) in [5.74, 6) is -0.613. The number of nitrogens with two attached hydrogens (primary N) is 1. The molecule has 7 heteroatoms. The Labute approximate surface area is 112 Å². The summed E-state index contributed by atoms with van der Waals surface area (Å²) < 4.78 is 26.3. The van der Waals surface area contributed by atoms with E-state index in [9.17, 15) is 13.2 Å². The molecule has 1 aromatic rings. The van der Waals surface area contributed by atoms with Crippen molar-refractivity contribution in [2.75, 3.05) is 13.2 Å². The molecule has 1 rings (SSSR count). The first-order valence-electron chi connectivity index (χ1n) is 5.68. The van der Waals surface area contributed by atoms with Gasteiger partial charge in [0, 0.05) is 24.1 Å². The van der Waals surface area contributed by atoms with Gasteiger partial charge in [0.05, 0.1) is 4.90 Å². The largest absolute Gasteiger partial charge is 0.396 e. The van der Waals surface area contributed by atoms with Crippen LogP contribution in [0.2, 0.25) is 0 Å². The second-order valence-corrected chi connectivity index (χ2v) is 6.80. The summed E-state index contributed by atoms with van der Waals surface area (Å²) in [5.41, 5.74) is 4.78. The highest BCUT2D eigenvalue weighted by atomic mass is 32.2. The van der Waals surface area contributed by atoms with Crippen molar-refractivity contribution in [3.05, 3.63) is 29.8 Å². The number of carbonyl (C=O) groups is 1. The van der Waals surface area contributed by atoms with Crippen molar-refractivity contribution in [2.45, 2.75) is 18.7 Å². The van der Waals surface area contributed by atoms with Gasteiger partial charge in [-0.15, -0.1) is 0 Å². The molecule has 19 heavy (non-hydrogen) atoms. The van der Waals surface area contributed by atoms with E-state index in [2.05, 4.69) is 4.72 Å². The first-order chi connectivity index (χ1) is 8.68. The second kappa shape index (κ2) is 5.68. The van der Waals surface area contributed by atoms with Gasteiger partial charge in [0.2, 0.25) is 15.9 Å². The van der Waals surface area contributed by atoms with Gasteiger partial charge in [-0.1, -0.05) is 13.8 Å². The Kier molecular flexibility index (Phi) is 4.67. The lowest BCUT2D eigenvalue weighted by Crippen LogP contribution is -2.36. The smallest absolute Gasteiger partial charge is 0.248 e. The van der Waals surface area contributed by atoms with Gasteiger partial charge in [-0.25, -0.2) is 13.1 Å². The van der Waals surface area contributed by atoms with E-state index in [1.165, 1.54) is 24.3 Å². The topological polar surface area (TPSA) is 109 Å². The Morgan fingerprint density at radius 1 is 1.32 bits per heavy atom. The molecule has 0 aliphatic heterocycles. The van der Waals surface area contributed by atoms with Gasteiger partial charge < -0.3 is 10.8 Å². The zero-order valence-corrected chi connectivity index (χ0v) is 11.7. The lowest BCUT2D eigenvalue weighted by Gasteiger charge is -2.21. The SMILES string of the molecule is CC(C)(CO)CNS(=O)(=O)c1ccc(C(N)=O)cc1. The maximum absolute atomic E-state index is 12.0. The minimum Gasteiger partial charge on any atom is -0.396 e. The molecule has 1 aromatic carbocycles. The zero-order chi connectivity index (χ0) is 14.7. The highest BCUT2D eigenvalue weighted by Crippen LogP contribution is 2.15. The number of hydrogen-bond acceptors (Lipinski definition) is 4. The molecule has 0 aliphatic carbocycles. The van der Waals surface area contributed by atoms with Gasteiger partial charge >= 0.3 is 0 Å². The van der Waals surface area contributed by atoms with E-state index in [-0.39, 0.29) is 23.6 Å². The third kappa shape index (κ3) is 4.30. The van der Waals surface area contributed by atoms with Crippen molar-refractivity contribution in [1.29, 1.82) is 0 Å². The van der Waals surface area contributed by atoms with Gasteiger partial charge in [-0.3, -0.25) is 4.79 Å². The van der Waals surface area contributed by atoms with E-state index in [0.29, 0.717) is 0 Å². The number of primary amides is 1. The molecule has 0 heterocycles. The highest BCUT2D eigenvalue weighted by Gasteiger charge is 2.21. The molecule has 0 fully saturated rings. The number of amides is 1. The molecule has 0 atom stereocenters. The van der Waals surface area contributed by atoms with Crippen LogP contribution in [0.25, 0.3) is 0 Å². The molecular weight excluding hydrogens is 268 g/mol. The number of hydrogen-bond donors (Lipinski definition) is 3. The molecule has 4 N–H and O–H groups in total. The molecule has 0 bridgehead atoms. The fraction of sp³-hybridized carbons (Fsp3) is 0.417. The number of nitrogens with one attached hydrogen (secondary N) is 1. The van der Waals surface area contributed by atoms with Crippen molar-refractivity contribution in [3.8, 4) is 0 Å². The van der Waals surface area contributed by atoms with Crippen LogP contribution in [0.1, 0.15) is 24.2 Å². The van der Waals surface area contributed by atoms with Crippen LogP contribution in [0.4, 0.5) is 0 Å². The quantitative estimate of drug-likeness (QED) is 0.688. The average molecular weight is 286 g/mol. The van der Waals surface area contributed by atoms with Crippen molar-refractivity contribution in [1.82, 2.24) is 4.72 Å². The van der Waals surface area contributed by atoms with Gasteiger partial charge in [0.1, 0.15) is 0 Å². The summed E-state index contributed by atoms with van der Waals surface area (Å²) in [4.78, 5) is 10.9. The Morgan fingerprint density at radius 3 is 2.26 bits per heavy atom. The Morgan fingerprint density at radius 2 is 1.84 bits per heavy atom. The number of rotatable bonds is 6. The van der Waals surface area contributed by atoms with Crippen LogP contribution in [0.3, 0.4) is 0 Å². The van der Waals surface area contributed by atoms with Gasteiger partial charge in [-0.2, -0.15) is 0 Å². The van der Waals surface area contributed by atoms with Gasteiger partial charge in [-0.05, 0) is 24.3 Å². The Balaban J connectivity index is 2.86. The molecule has 0 radical (unpaired) electrons. The van der Waals surface area contributed by atoms with E-state index in [1.54, 1.807) is 13.8 Å². The lowest BCUT2D eigenvalue weighted by molar-refractivity contribution is 0.1000. The maximum Gasteiger partial charge on any atom is 0.248 e. The maximum atomic E-state index is 12.0. The highest BCUT2D eigenvalue weighted by molar-refractivity contribution is 7.89. The number of benzene rings is 1. The van der Waals surface area contributed by atoms with Crippen LogP contribution in [0.15, 0.2) is 29.2 Å². The van der Waals surface area contributed by atoms with E-state index in [0.717, 1.165) is 0 Å². The van der Waals surface area contributed by atoms with Gasteiger partial charge in [0.25, 0.3) is 0 Å². The predicted molar refractivity (Wildman–Crippen MR) is 71.0 cm³/mol. The predicted octanol–water partition coefficient (Wildman–Crippen LogP) is 0.0823. The third-order valence-corrected chi connectivity index (χ3v) is 4.04. The molecule has 0 saturated carbocycles. The zero-order valence-electron chi connectivity index (χ0n) is 10.9. The van der Waals surface area contributed by atoms with Crippen molar-refractivity contribution < 1.29 is 18.3 Å². The normalized spacial score (nSPS) is 12.4. The number of aliphatic hydroxyl groups is 1. The second-order valence-electron chi connectivity index (χ2n) is 5.04. The molecule has 0 spiro atoms. The first kappa shape index (κ1) is 15.6. The monoisotopic (exact) mass is 286 g/mol. The van der Waals surface area contributed by atoms with Crippen LogP contribution in [0, 0.1) is 5.41 Å². The minimum atomic E-state index is -3.66. The van der Waals surface area contributed by atoms with Crippen molar-refractivity contribution >= 4 is 15.9 Å². The molecule has 0 saturated heterocycles. The third-order valence-electron chi connectivity index (χ3n) is 2.62. The van der Waals surface area contributed by atoms with E-state index in [1.807, 2.05) is 0 Å². The molecular formula is C12H18N2O4S. The number of carbonyl (C=O) groups excluding carboxylic acids is 1. The summed E-state index contributed by atoms with van der Waals surface area (Å²) in [5, 5.41) is 9.07. The van der Waals surface area contributed by atoms with E-state index in [4.69, 9.17) is 10.8 Å². The van der Waals surface area contributed by atoms with Crippen LogP contribution in [0.5, 0.6) is 0 Å². The summed E-state index contributed by atoms with van der Waals surface area (Å²) >= 11 is 0. The standard InChI is InChI=1S/C12H18N2O4S/c1-12(2,8-15)7-14-19(17,18)10-5-3-9(4-6-10)11(13)16/h3-6,14-15H,7-8H2,1-2H3,(H2,13,16). The summed E-state index contributed by atoms with van der Waals surface area (Å²) in [7, 11) is -3.66. The summed E-state index contributed by atoms with van der Waals surface area (Å²) in [6.45, 7) is 3.47. The van der Waals surface area contributed by atoms with Crippen LogP contribution >= 0.6 is 0 Å². The van der Waals surface area contributed by atoms with E-state index >= 15 is 0 Å². The van der Waals surface area contributed by atoms with Crippen LogP contribution < -0.4 is 10.5 Å².